The molecule has 1 aliphatic heterocycles. The van der Waals surface area contributed by atoms with E-state index in [1.165, 1.54) is 19.3 Å². The predicted octanol–water partition coefficient (Wildman–Crippen LogP) is 2.14. The number of nitrogens with two attached hydrogens (primary N) is 1. The van der Waals surface area contributed by atoms with Crippen molar-refractivity contribution >= 4 is 17.5 Å². The second kappa shape index (κ2) is 7.13. The van der Waals surface area contributed by atoms with Gasteiger partial charge in [0.1, 0.15) is 0 Å². The first kappa shape index (κ1) is 16.0. The second-order valence-corrected chi connectivity index (χ2v) is 6.64. The molecule has 1 fully saturated rings. The first-order valence-corrected chi connectivity index (χ1v) is 8.58. The molecule has 2 aliphatic rings. The number of hydrogen-bond acceptors (Lipinski definition) is 3. The third kappa shape index (κ3) is 3.55. The van der Waals surface area contributed by atoms with Crippen LogP contribution in [0.15, 0.2) is 24.3 Å². The van der Waals surface area contributed by atoms with Crippen LogP contribution in [-0.2, 0) is 9.59 Å². The van der Waals surface area contributed by atoms with Crippen molar-refractivity contribution in [3.63, 3.8) is 0 Å². The number of para-hydroxylation sites is 1. The highest BCUT2D eigenvalue weighted by molar-refractivity contribution is 6.01. The molecule has 1 heterocycles. The van der Waals surface area contributed by atoms with Crippen LogP contribution in [0.3, 0.4) is 0 Å². The van der Waals surface area contributed by atoms with E-state index >= 15 is 0 Å². The predicted molar refractivity (Wildman–Crippen MR) is 90.0 cm³/mol. The molecule has 0 radical (unpaired) electrons. The molecule has 5 heteroatoms. The summed E-state index contributed by atoms with van der Waals surface area (Å²) in [6.45, 7) is 0.455. The van der Waals surface area contributed by atoms with Crippen molar-refractivity contribution in [3.05, 3.63) is 29.8 Å². The van der Waals surface area contributed by atoms with Crippen LogP contribution in [0.1, 0.15) is 50.0 Å². The topological polar surface area (TPSA) is 84.2 Å². The van der Waals surface area contributed by atoms with Gasteiger partial charge in [0.15, 0.2) is 0 Å². The number of benzene rings is 1. The van der Waals surface area contributed by atoms with Crippen LogP contribution < -0.4 is 16.4 Å². The smallest absolute Gasteiger partial charge is 0.228 e. The molecule has 124 valence electrons. The van der Waals surface area contributed by atoms with Crippen LogP contribution in [0.2, 0.25) is 0 Å². The number of carbonyl (C=O) groups is 2. The molecular formula is C18H25N3O2. The molecule has 23 heavy (non-hydrogen) atoms. The highest BCUT2D eigenvalue weighted by Crippen LogP contribution is 2.33. The van der Waals surface area contributed by atoms with Crippen LogP contribution in [0.4, 0.5) is 5.69 Å². The van der Waals surface area contributed by atoms with E-state index in [0.29, 0.717) is 12.5 Å². The lowest BCUT2D eigenvalue weighted by molar-refractivity contribution is -0.127. The van der Waals surface area contributed by atoms with Crippen LogP contribution in [0.5, 0.6) is 0 Å². The Morgan fingerprint density at radius 2 is 2.00 bits per heavy atom. The second-order valence-electron chi connectivity index (χ2n) is 6.64. The Morgan fingerprint density at radius 3 is 2.74 bits per heavy atom. The zero-order valence-electron chi connectivity index (χ0n) is 13.4. The van der Waals surface area contributed by atoms with E-state index in [9.17, 15) is 9.59 Å². The maximum atomic E-state index is 12.8. The minimum atomic E-state index is -0.419. The molecule has 0 saturated heterocycles. The zero-order valence-corrected chi connectivity index (χ0v) is 13.4. The van der Waals surface area contributed by atoms with Gasteiger partial charge in [0, 0.05) is 24.7 Å². The van der Waals surface area contributed by atoms with Crippen LogP contribution in [0.25, 0.3) is 0 Å². The van der Waals surface area contributed by atoms with Crippen molar-refractivity contribution in [1.29, 1.82) is 0 Å². The van der Waals surface area contributed by atoms with Crippen LogP contribution >= 0.6 is 0 Å². The van der Waals surface area contributed by atoms with E-state index in [1.54, 1.807) is 0 Å². The number of rotatable bonds is 4. The first-order valence-electron chi connectivity index (χ1n) is 8.58. The average Bonchev–Trinajstić information content (AvgIpc) is 2.59. The summed E-state index contributed by atoms with van der Waals surface area (Å²) in [6, 6.07) is 7.54. The van der Waals surface area contributed by atoms with Gasteiger partial charge in [0.2, 0.25) is 11.8 Å². The maximum absolute atomic E-state index is 12.8. The van der Waals surface area contributed by atoms with Crippen molar-refractivity contribution in [2.45, 2.75) is 50.5 Å². The van der Waals surface area contributed by atoms with Gasteiger partial charge < -0.3 is 16.4 Å². The standard InChI is InChI=1S/C18H25N3O2/c19-11-16(12-6-2-1-3-7-12)21-18(23)14-10-17(22)20-15-9-5-4-8-13(14)15/h4-5,8-9,12,14,16H,1-3,6-7,10-11,19H2,(H,20,22)(H,21,23). The van der Waals surface area contributed by atoms with Gasteiger partial charge in [0.25, 0.3) is 0 Å². The molecule has 1 aromatic rings. The lowest BCUT2D eigenvalue weighted by Gasteiger charge is -2.32. The number of hydrogen-bond donors (Lipinski definition) is 3. The largest absolute Gasteiger partial charge is 0.351 e. The number of amides is 2. The van der Waals surface area contributed by atoms with Gasteiger partial charge in [-0.3, -0.25) is 9.59 Å². The molecule has 1 aromatic carbocycles. The Balaban J connectivity index is 1.73. The fraction of sp³-hybridized carbons (Fsp3) is 0.556. The molecule has 0 aromatic heterocycles. The molecule has 0 spiro atoms. The summed E-state index contributed by atoms with van der Waals surface area (Å²) in [4.78, 5) is 24.7. The highest BCUT2D eigenvalue weighted by Gasteiger charge is 2.33. The Morgan fingerprint density at radius 1 is 1.26 bits per heavy atom. The van der Waals surface area contributed by atoms with Crippen molar-refractivity contribution in [3.8, 4) is 0 Å². The van der Waals surface area contributed by atoms with Crippen molar-refractivity contribution in [2.24, 2.45) is 11.7 Å². The molecular weight excluding hydrogens is 290 g/mol. The number of nitrogens with one attached hydrogen (secondary N) is 2. The minimum absolute atomic E-state index is 0.0138. The Kier molecular flexibility index (Phi) is 4.96. The fourth-order valence-electron chi connectivity index (χ4n) is 3.83. The van der Waals surface area contributed by atoms with Gasteiger partial charge in [0.05, 0.1) is 5.92 Å². The summed E-state index contributed by atoms with van der Waals surface area (Å²) in [5.74, 6) is -0.137. The lowest BCUT2D eigenvalue weighted by Crippen LogP contribution is -2.48. The molecule has 1 saturated carbocycles. The van der Waals surface area contributed by atoms with Crippen molar-refractivity contribution in [2.75, 3.05) is 11.9 Å². The lowest BCUT2D eigenvalue weighted by atomic mass is 9.83. The molecule has 2 amide bonds. The summed E-state index contributed by atoms with van der Waals surface area (Å²) in [5, 5.41) is 5.96. The molecule has 3 rings (SSSR count). The average molecular weight is 315 g/mol. The van der Waals surface area contributed by atoms with E-state index in [-0.39, 0.29) is 24.3 Å². The van der Waals surface area contributed by atoms with Gasteiger partial charge in [-0.25, -0.2) is 0 Å². The molecule has 4 N–H and O–H groups in total. The third-order valence-electron chi connectivity index (χ3n) is 5.12. The number of carbonyl (C=O) groups excluding carboxylic acids is 2. The van der Waals surface area contributed by atoms with Crippen molar-refractivity contribution in [1.82, 2.24) is 5.32 Å². The Bertz CT molecular complexity index is 581. The summed E-state index contributed by atoms with van der Waals surface area (Å²) in [7, 11) is 0. The molecule has 1 aliphatic carbocycles. The minimum Gasteiger partial charge on any atom is -0.351 e. The van der Waals surface area contributed by atoms with Crippen LogP contribution in [0, 0.1) is 5.92 Å². The summed E-state index contributed by atoms with van der Waals surface area (Å²) < 4.78 is 0. The molecule has 0 bridgehead atoms. The van der Waals surface area contributed by atoms with E-state index in [4.69, 9.17) is 5.73 Å². The fourth-order valence-corrected chi connectivity index (χ4v) is 3.83. The quantitative estimate of drug-likeness (QED) is 0.796. The third-order valence-corrected chi connectivity index (χ3v) is 5.12. The monoisotopic (exact) mass is 315 g/mol. The maximum Gasteiger partial charge on any atom is 0.228 e. The summed E-state index contributed by atoms with van der Waals surface area (Å²) >= 11 is 0. The zero-order chi connectivity index (χ0) is 16.2. The molecule has 2 atom stereocenters. The van der Waals surface area contributed by atoms with Gasteiger partial charge >= 0.3 is 0 Å². The van der Waals surface area contributed by atoms with E-state index < -0.39 is 5.92 Å². The van der Waals surface area contributed by atoms with E-state index in [0.717, 1.165) is 24.1 Å². The van der Waals surface area contributed by atoms with Gasteiger partial charge in [-0.2, -0.15) is 0 Å². The summed E-state index contributed by atoms with van der Waals surface area (Å²) in [6.07, 6.45) is 6.16. The number of anilines is 1. The first-order chi connectivity index (χ1) is 11.2. The SMILES string of the molecule is NCC(NC(=O)C1CC(=O)Nc2ccccc21)C1CCCCC1. The molecule has 2 unspecified atom stereocenters. The Hall–Kier alpha value is -1.88. The van der Waals surface area contributed by atoms with Gasteiger partial charge in [-0.15, -0.1) is 0 Å². The highest BCUT2D eigenvalue weighted by atomic mass is 16.2. The molecule has 5 nitrogen and oxygen atoms in total. The van der Waals surface area contributed by atoms with Gasteiger partial charge in [-0.1, -0.05) is 37.5 Å². The number of fused-ring (bicyclic) bond motifs is 1. The summed E-state index contributed by atoms with van der Waals surface area (Å²) in [5.41, 5.74) is 7.54. The van der Waals surface area contributed by atoms with Gasteiger partial charge in [-0.05, 0) is 30.4 Å². The van der Waals surface area contributed by atoms with E-state index in [1.807, 2.05) is 24.3 Å². The Labute approximate surface area is 137 Å². The normalized spacial score (nSPS) is 22.8. The van der Waals surface area contributed by atoms with E-state index in [2.05, 4.69) is 10.6 Å². The van der Waals surface area contributed by atoms with Crippen molar-refractivity contribution < 1.29 is 9.59 Å². The van der Waals surface area contributed by atoms with Crippen LogP contribution in [-0.4, -0.2) is 24.4 Å².